The highest BCUT2D eigenvalue weighted by molar-refractivity contribution is 4.88. The lowest BCUT2D eigenvalue weighted by atomic mass is 10.0. The zero-order valence-electron chi connectivity index (χ0n) is 9.25. The molecule has 0 saturated carbocycles. The van der Waals surface area contributed by atoms with E-state index in [-0.39, 0.29) is 6.04 Å². The molecule has 1 aliphatic rings. The van der Waals surface area contributed by atoms with Crippen molar-refractivity contribution in [3.05, 3.63) is 0 Å². The van der Waals surface area contributed by atoms with Crippen molar-refractivity contribution < 1.29 is 0 Å². The third-order valence-corrected chi connectivity index (χ3v) is 3.37. The largest absolute Gasteiger partial charge is 0.327 e. The van der Waals surface area contributed by atoms with Gasteiger partial charge in [0.05, 0.1) is 0 Å². The molecule has 4 unspecified atom stereocenters. The molecule has 0 amide bonds. The molecule has 1 rings (SSSR count). The first-order valence-electron chi connectivity index (χ1n) is 5.28. The fraction of sp³-hybridized carbons (Fsp3) is 1.00. The van der Waals surface area contributed by atoms with Gasteiger partial charge in [0.15, 0.2) is 0 Å². The summed E-state index contributed by atoms with van der Waals surface area (Å²) in [5.41, 5.74) is 5.91. The Balaban J connectivity index is 2.57. The van der Waals surface area contributed by atoms with Gasteiger partial charge in [-0.25, -0.2) is 0 Å². The highest BCUT2D eigenvalue weighted by Crippen LogP contribution is 2.13. The van der Waals surface area contributed by atoms with E-state index in [1.807, 2.05) is 0 Å². The second kappa shape index (κ2) is 4.40. The molecule has 1 aliphatic heterocycles. The molecule has 0 aromatic heterocycles. The molecule has 1 fully saturated rings. The third-order valence-electron chi connectivity index (χ3n) is 3.37. The molecule has 0 spiro atoms. The van der Waals surface area contributed by atoms with E-state index in [9.17, 15) is 0 Å². The SMILES string of the molecule is CC(N)C(C)N1CCNC(C)C1C. The predicted molar refractivity (Wildman–Crippen MR) is 56.7 cm³/mol. The quantitative estimate of drug-likeness (QED) is 0.654. The number of nitrogens with one attached hydrogen (secondary N) is 1. The van der Waals surface area contributed by atoms with Gasteiger partial charge in [-0.3, -0.25) is 4.90 Å². The monoisotopic (exact) mass is 185 g/mol. The van der Waals surface area contributed by atoms with Gasteiger partial charge in [0.25, 0.3) is 0 Å². The van der Waals surface area contributed by atoms with Crippen molar-refractivity contribution in [1.29, 1.82) is 0 Å². The molecule has 3 heteroatoms. The van der Waals surface area contributed by atoms with E-state index in [0.29, 0.717) is 18.1 Å². The first kappa shape index (κ1) is 11.0. The molecule has 0 aromatic carbocycles. The molecule has 13 heavy (non-hydrogen) atoms. The molecule has 0 aliphatic carbocycles. The summed E-state index contributed by atoms with van der Waals surface area (Å²) in [4.78, 5) is 2.51. The molecule has 78 valence electrons. The van der Waals surface area contributed by atoms with Crippen LogP contribution in [0, 0.1) is 0 Å². The number of nitrogens with zero attached hydrogens (tertiary/aromatic N) is 1. The number of rotatable bonds is 2. The molecular weight excluding hydrogens is 162 g/mol. The van der Waals surface area contributed by atoms with E-state index in [4.69, 9.17) is 5.73 Å². The summed E-state index contributed by atoms with van der Waals surface area (Å²) < 4.78 is 0. The van der Waals surface area contributed by atoms with E-state index in [1.54, 1.807) is 0 Å². The summed E-state index contributed by atoms with van der Waals surface area (Å²) in [6.45, 7) is 11.0. The van der Waals surface area contributed by atoms with Crippen LogP contribution in [0.2, 0.25) is 0 Å². The Labute approximate surface area is 81.7 Å². The topological polar surface area (TPSA) is 41.3 Å². The van der Waals surface area contributed by atoms with E-state index in [2.05, 4.69) is 37.9 Å². The van der Waals surface area contributed by atoms with E-state index in [0.717, 1.165) is 13.1 Å². The average Bonchev–Trinajstić information content (AvgIpc) is 2.08. The van der Waals surface area contributed by atoms with Crippen molar-refractivity contribution in [1.82, 2.24) is 10.2 Å². The molecule has 0 bridgehead atoms. The Bertz CT molecular complexity index is 154. The fourth-order valence-corrected chi connectivity index (χ4v) is 1.96. The van der Waals surface area contributed by atoms with Crippen LogP contribution < -0.4 is 11.1 Å². The molecule has 4 atom stereocenters. The summed E-state index contributed by atoms with van der Waals surface area (Å²) in [6, 6.07) is 1.91. The summed E-state index contributed by atoms with van der Waals surface area (Å²) in [5, 5.41) is 3.47. The summed E-state index contributed by atoms with van der Waals surface area (Å²) in [7, 11) is 0. The summed E-state index contributed by atoms with van der Waals surface area (Å²) >= 11 is 0. The van der Waals surface area contributed by atoms with Crippen LogP contribution >= 0.6 is 0 Å². The van der Waals surface area contributed by atoms with Gasteiger partial charge in [-0.15, -0.1) is 0 Å². The van der Waals surface area contributed by atoms with Crippen LogP contribution in [0.4, 0.5) is 0 Å². The Hall–Kier alpha value is -0.120. The maximum Gasteiger partial charge on any atom is 0.0222 e. The standard InChI is InChI=1S/C10H23N3/c1-7(11)9(3)13-6-5-12-8(2)10(13)4/h7-10,12H,5-6,11H2,1-4H3. The lowest BCUT2D eigenvalue weighted by Crippen LogP contribution is -2.60. The first-order chi connectivity index (χ1) is 6.04. The maximum absolute atomic E-state index is 5.91. The van der Waals surface area contributed by atoms with E-state index in [1.165, 1.54) is 0 Å². The fourth-order valence-electron chi connectivity index (χ4n) is 1.96. The van der Waals surface area contributed by atoms with Gasteiger partial charge in [0.2, 0.25) is 0 Å². The van der Waals surface area contributed by atoms with Gasteiger partial charge in [-0.2, -0.15) is 0 Å². The van der Waals surface area contributed by atoms with Gasteiger partial charge >= 0.3 is 0 Å². The van der Waals surface area contributed by atoms with Gasteiger partial charge < -0.3 is 11.1 Å². The average molecular weight is 185 g/mol. The zero-order valence-corrected chi connectivity index (χ0v) is 9.25. The smallest absolute Gasteiger partial charge is 0.0222 e. The van der Waals surface area contributed by atoms with Crippen molar-refractivity contribution in [2.75, 3.05) is 13.1 Å². The summed E-state index contributed by atoms with van der Waals surface area (Å²) in [5.74, 6) is 0. The molecular formula is C10H23N3. The maximum atomic E-state index is 5.91. The Morgan fingerprint density at radius 3 is 2.54 bits per heavy atom. The van der Waals surface area contributed by atoms with Crippen LogP contribution in [0.15, 0.2) is 0 Å². The second-order valence-corrected chi connectivity index (χ2v) is 4.32. The van der Waals surface area contributed by atoms with Crippen molar-refractivity contribution >= 4 is 0 Å². The highest BCUT2D eigenvalue weighted by atomic mass is 15.3. The van der Waals surface area contributed by atoms with Crippen LogP contribution in [0.5, 0.6) is 0 Å². The van der Waals surface area contributed by atoms with E-state index < -0.39 is 0 Å². The summed E-state index contributed by atoms with van der Waals surface area (Å²) in [6.07, 6.45) is 0. The number of nitrogens with two attached hydrogens (primary N) is 1. The van der Waals surface area contributed by atoms with Gasteiger partial charge in [-0.1, -0.05) is 0 Å². The minimum atomic E-state index is 0.257. The van der Waals surface area contributed by atoms with Crippen molar-refractivity contribution in [2.24, 2.45) is 5.73 Å². The van der Waals surface area contributed by atoms with Crippen LogP contribution in [-0.2, 0) is 0 Å². The highest BCUT2D eigenvalue weighted by Gasteiger charge is 2.28. The van der Waals surface area contributed by atoms with Gasteiger partial charge in [0.1, 0.15) is 0 Å². The van der Waals surface area contributed by atoms with Crippen LogP contribution in [0.1, 0.15) is 27.7 Å². The zero-order chi connectivity index (χ0) is 10.0. The van der Waals surface area contributed by atoms with Crippen LogP contribution in [-0.4, -0.2) is 42.2 Å². The van der Waals surface area contributed by atoms with E-state index >= 15 is 0 Å². The minimum absolute atomic E-state index is 0.257. The van der Waals surface area contributed by atoms with Crippen LogP contribution in [0.25, 0.3) is 0 Å². The van der Waals surface area contributed by atoms with Gasteiger partial charge in [-0.05, 0) is 27.7 Å². The van der Waals surface area contributed by atoms with Crippen molar-refractivity contribution in [2.45, 2.75) is 51.9 Å². The van der Waals surface area contributed by atoms with Crippen LogP contribution in [0.3, 0.4) is 0 Å². The normalized spacial score (nSPS) is 35.8. The number of hydrogen-bond acceptors (Lipinski definition) is 3. The lowest BCUT2D eigenvalue weighted by molar-refractivity contribution is 0.0866. The Kier molecular flexibility index (Phi) is 3.71. The molecule has 1 heterocycles. The third kappa shape index (κ3) is 2.42. The predicted octanol–water partition coefficient (Wildman–Crippen LogP) is 0.404. The molecule has 1 saturated heterocycles. The molecule has 3 N–H and O–H groups in total. The first-order valence-corrected chi connectivity index (χ1v) is 5.28. The van der Waals surface area contributed by atoms with Gasteiger partial charge in [0, 0.05) is 37.3 Å². The molecule has 3 nitrogen and oxygen atoms in total. The van der Waals surface area contributed by atoms with Crippen molar-refractivity contribution in [3.8, 4) is 0 Å². The lowest BCUT2D eigenvalue weighted by Gasteiger charge is -2.43. The number of piperazine rings is 1. The minimum Gasteiger partial charge on any atom is -0.327 e. The Morgan fingerprint density at radius 2 is 2.00 bits per heavy atom. The molecule has 0 radical (unpaired) electrons. The molecule has 0 aromatic rings. The van der Waals surface area contributed by atoms with Crippen molar-refractivity contribution in [3.63, 3.8) is 0 Å². The Morgan fingerprint density at radius 1 is 1.38 bits per heavy atom. The number of hydrogen-bond donors (Lipinski definition) is 2. The second-order valence-electron chi connectivity index (χ2n) is 4.32.